The van der Waals surface area contributed by atoms with E-state index in [-0.39, 0.29) is 5.91 Å². The molecular formula is C17H24N6OS2. The predicted octanol–water partition coefficient (Wildman–Crippen LogP) is 2.73. The minimum atomic E-state index is 0.196. The van der Waals surface area contributed by atoms with Crippen molar-refractivity contribution in [3.8, 4) is 0 Å². The second kappa shape index (κ2) is 9.36. The molecule has 0 spiro atoms. The minimum absolute atomic E-state index is 0.196. The molecule has 0 radical (unpaired) electrons. The van der Waals surface area contributed by atoms with Crippen LogP contribution in [0.2, 0.25) is 0 Å². The molecule has 1 aliphatic heterocycles. The molecule has 9 heteroatoms. The van der Waals surface area contributed by atoms with Gasteiger partial charge in [0.05, 0.1) is 11.5 Å². The van der Waals surface area contributed by atoms with Crippen molar-refractivity contribution in [1.29, 1.82) is 0 Å². The number of thioether (sulfide) groups is 2. The number of amides is 1. The van der Waals surface area contributed by atoms with Gasteiger partial charge in [0.15, 0.2) is 10.3 Å². The van der Waals surface area contributed by atoms with Gasteiger partial charge in [-0.1, -0.05) is 30.4 Å². The number of carbonyl (C=O) groups excluding carboxylic acids is 1. The van der Waals surface area contributed by atoms with E-state index < -0.39 is 0 Å². The smallest absolute Gasteiger partial charge is 0.233 e. The summed E-state index contributed by atoms with van der Waals surface area (Å²) in [6, 6.07) is 1.80. The molecule has 140 valence electrons. The predicted molar refractivity (Wildman–Crippen MR) is 103 cm³/mol. The van der Waals surface area contributed by atoms with Gasteiger partial charge in [0.25, 0.3) is 0 Å². The van der Waals surface area contributed by atoms with Crippen LogP contribution in [0, 0.1) is 5.92 Å². The summed E-state index contributed by atoms with van der Waals surface area (Å²) in [5.41, 5.74) is 0. The Hall–Kier alpha value is -1.61. The number of piperidine rings is 1. The van der Waals surface area contributed by atoms with Crippen LogP contribution in [0.25, 0.3) is 0 Å². The van der Waals surface area contributed by atoms with Gasteiger partial charge >= 0.3 is 0 Å². The molecule has 0 aromatic carbocycles. The fraction of sp³-hybridized carbons (Fsp3) is 0.588. The van der Waals surface area contributed by atoms with E-state index in [0.717, 1.165) is 54.5 Å². The number of hydrogen-bond acceptors (Lipinski definition) is 7. The van der Waals surface area contributed by atoms with Gasteiger partial charge in [-0.2, -0.15) is 0 Å². The number of carbonyl (C=O) groups is 1. The van der Waals surface area contributed by atoms with Crippen molar-refractivity contribution in [2.24, 2.45) is 5.92 Å². The van der Waals surface area contributed by atoms with Crippen molar-refractivity contribution < 1.29 is 4.79 Å². The topological polar surface area (TPSA) is 76.8 Å². The van der Waals surface area contributed by atoms with Gasteiger partial charge in [-0.15, -0.1) is 10.2 Å². The number of hydrogen-bond donors (Lipinski definition) is 0. The SMILES string of the molecule is CCn1c(CSc2ncccn2)nnc1SCC(=O)N1CCC(C)CC1. The van der Waals surface area contributed by atoms with Crippen LogP contribution in [0.3, 0.4) is 0 Å². The molecular weight excluding hydrogens is 368 g/mol. The zero-order valence-corrected chi connectivity index (χ0v) is 16.8. The first-order valence-corrected chi connectivity index (χ1v) is 10.9. The Balaban J connectivity index is 1.55. The highest BCUT2D eigenvalue weighted by atomic mass is 32.2. The molecule has 1 aliphatic rings. The van der Waals surface area contributed by atoms with E-state index in [0.29, 0.717) is 11.5 Å². The summed E-state index contributed by atoms with van der Waals surface area (Å²) < 4.78 is 2.06. The van der Waals surface area contributed by atoms with Crippen molar-refractivity contribution in [3.05, 3.63) is 24.3 Å². The van der Waals surface area contributed by atoms with E-state index in [2.05, 4.69) is 38.6 Å². The van der Waals surface area contributed by atoms with Gasteiger partial charge in [0.2, 0.25) is 5.91 Å². The summed E-state index contributed by atoms with van der Waals surface area (Å²) in [4.78, 5) is 22.8. The molecule has 0 saturated carbocycles. The standard InChI is InChI=1S/C17H24N6OS2/c1-3-23-14(11-25-16-18-7-4-8-19-16)20-21-17(23)26-12-15(24)22-9-5-13(2)6-10-22/h4,7-8,13H,3,5-6,9-12H2,1-2H3. The van der Waals surface area contributed by atoms with Crippen molar-refractivity contribution in [2.75, 3.05) is 18.8 Å². The van der Waals surface area contributed by atoms with Gasteiger partial charge in [-0.25, -0.2) is 9.97 Å². The van der Waals surface area contributed by atoms with E-state index in [1.807, 2.05) is 4.90 Å². The van der Waals surface area contributed by atoms with E-state index >= 15 is 0 Å². The highest BCUT2D eigenvalue weighted by molar-refractivity contribution is 7.99. The van der Waals surface area contributed by atoms with Crippen molar-refractivity contribution >= 4 is 29.4 Å². The molecule has 7 nitrogen and oxygen atoms in total. The third kappa shape index (κ3) is 4.97. The van der Waals surface area contributed by atoms with Gasteiger partial charge < -0.3 is 9.47 Å². The summed E-state index contributed by atoms with van der Waals surface area (Å²) in [5, 5.41) is 10.1. The van der Waals surface area contributed by atoms with E-state index in [1.165, 1.54) is 23.5 Å². The molecule has 2 aromatic rings. The van der Waals surface area contributed by atoms with E-state index in [1.54, 1.807) is 18.5 Å². The van der Waals surface area contributed by atoms with Crippen LogP contribution in [0.1, 0.15) is 32.5 Å². The quantitative estimate of drug-likeness (QED) is 0.529. The van der Waals surface area contributed by atoms with Crippen molar-refractivity contribution in [2.45, 2.75) is 49.3 Å². The Kier molecular flexibility index (Phi) is 6.90. The van der Waals surface area contributed by atoms with Gasteiger partial charge in [0.1, 0.15) is 5.82 Å². The maximum atomic E-state index is 12.4. The lowest BCUT2D eigenvalue weighted by atomic mass is 9.99. The van der Waals surface area contributed by atoms with Crippen LogP contribution in [-0.2, 0) is 17.1 Å². The maximum absolute atomic E-state index is 12.4. The molecule has 0 atom stereocenters. The molecule has 1 fully saturated rings. The second-order valence-corrected chi connectivity index (χ2v) is 8.20. The van der Waals surface area contributed by atoms with Crippen LogP contribution >= 0.6 is 23.5 Å². The van der Waals surface area contributed by atoms with Crippen molar-refractivity contribution in [3.63, 3.8) is 0 Å². The minimum Gasteiger partial charge on any atom is -0.342 e. The lowest BCUT2D eigenvalue weighted by Crippen LogP contribution is -2.38. The molecule has 0 unspecified atom stereocenters. The zero-order chi connectivity index (χ0) is 18.4. The highest BCUT2D eigenvalue weighted by Crippen LogP contribution is 2.23. The molecule has 2 aromatic heterocycles. The first-order valence-electron chi connectivity index (χ1n) is 8.89. The van der Waals surface area contributed by atoms with Gasteiger partial charge in [-0.05, 0) is 31.7 Å². The largest absolute Gasteiger partial charge is 0.342 e. The van der Waals surface area contributed by atoms with Crippen LogP contribution in [0.4, 0.5) is 0 Å². The molecule has 1 saturated heterocycles. The number of nitrogens with zero attached hydrogens (tertiary/aromatic N) is 6. The number of rotatable bonds is 7. The molecule has 26 heavy (non-hydrogen) atoms. The third-order valence-electron chi connectivity index (χ3n) is 4.44. The normalized spacial score (nSPS) is 15.4. The Morgan fingerprint density at radius 2 is 1.92 bits per heavy atom. The van der Waals surface area contributed by atoms with Crippen LogP contribution in [0.5, 0.6) is 0 Å². The Morgan fingerprint density at radius 1 is 1.19 bits per heavy atom. The fourth-order valence-electron chi connectivity index (χ4n) is 2.81. The Labute approximate surface area is 162 Å². The van der Waals surface area contributed by atoms with Gasteiger partial charge in [0, 0.05) is 32.0 Å². The zero-order valence-electron chi connectivity index (χ0n) is 15.2. The molecule has 0 N–H and O–H groups in total. The first-order chi connectivity index (χ1) is 12.7. The molecule has 3 heterocycles. The first kappa shape index (κ1) is 19.2. The van der Waals surface area contributed by atoms with E-state index in [4.69, 9.17) is 0 Å². The summed E-state index contributed by atoms with van der Waals surface area (Å²) >= 11 is 3.01. The summed E-state index contributed by atoms with van der Waals surface area (Å²) in [5.74, 6) is 2.88. The van der Waals surface area contributed by atoms with Crippen LogP contribution in [-0.4, -0.2) is 54.4 Å². The fourth-order valence-corrected chi connectivity index (χ4v) is 4.48. The molecule has 0 bridgehead atoms. The molecule has 1 amide bonds. The molecule has 0 aliphatic carbocycles. The van der Waals surface area contributed by atoms with Crippen molar-refractivity contribution in [1.82, 2.24) is 29.6 Å². The lowest BCUT2D eigenvalue weighted by Gasteiger charge is -2.30. The molecule has 3 rings (SSSR count). The monoisotopic (exact) mass is 392 g/mol. The summed E-state index contributed by atoms with van der Waals surface area (Å²) in [6.07, 6.45) is 5.66. The average molecular weight is 393 g/mol. The lowest BCUT2D eigenvalue weighted by molar-refractivity contribution is -0.129. The Bertz CT molecular complexity index is 715. The Morgan fingerprint density at radius 3 is 2.62 bits per heavy atom. The van der Waals surface area contributed by atoms with E-state index in [9.17, 15) is 4.79 Å². The second-order valence-electron chi connectivity index (χ2n) is 6.32. The number of aromatic nitrogens is 5. The van der Waals surface area contributed by atoms with Crippen LogP contribution < -0.4 is 0 Å². The highest BCUT2D eigenvalue weighted by Gasteiger charge is 2.21. The average Bonchev–Trinajstić information content (AvgIpc) is 3.07. The maximum Gasteiger partial charge on any atom is 0.233 e. The van der Waals surface area contributed by atoms with Crippen LogP contribution in [0.15, 0.2) is 28.8 Å². The number of likely N-dealkylation sites (tertiary alicyclic amines) is 1. The summed E-state index contributed by atoms with van der Waals surface area (Å²) in [7, 11) is 0. The third-order valence-corrected chi connectivity index (χ3v) is 6.27. The summed E-state index contributed by atoms with van der Waals surface area (Å²) in [6.45, 7) is 6.84. The van der Waals surface area contributed by atoms with Gasteiger partial charge in [-0.3, -0.25) is 4.79 Å².